The molecule has 0 unspecified atom stereocenters. The van der Waals surface area contributed by atoms with Gasteiger partial charge >= 0.3 is 0 Å². The zero-order valence-electron chi connectivity index (χ0n) is 8.57. The number of nitrogens with one attached hydrogen (secondary N) is 1. The Hall–Kier alpha value is -1.16. The maximum Gasteiger partial charge on any atom is 0.122 e. The van der Waals surface area contributed by atoms with Crippen LogP contribution < -0.4 is 11.1 Å². The lowest BCUT2D eigenvalue weighted by atomic mass is 10.2. The molecule has 0 spiro atoms. The molecule has 0 aromatic carbocycles. The van der Waals surface area contributed by atoms with Gasteiger partial charge in [0.15, 0.2) is 0 Å². The maximum absolute atomic E-state index is 5.48. The molecule has 4 heteroatoms. The molecule has 0 amide bonds. The molecule has 3 nitrogen and oxygen atoms in total. The van der Waals surface area contributed by atoms with Crippen LogP contribution in [-0.2, 0) is 0 Å². The first-order chi connectivity index (χ1) is 7.25. The average molecular weight is 221 g/mol. The number of hydrogen-bond acceptors (Lipinski definition) is 3. The Morgan fingerprint density at radius 3 is 2.67 bits per heavy atom. The van der Waals surface area contributed by atoms with E-state index in [0.717, 1.165) is 5.69 Å². The maximum atomic E-state index is 5.48. The topological polar surface area (TPSA) is 50.9 Å². The summed E-state index contributed by atoms with van der Waals surface area (Å²) in [4.78, 5) is 4.54. The van der Waals surface area contributed by atoms with E-state index in [0.29, 0.717) is 16.7 Å². The van der Waals surface area contributed by atoms with Crippen molar-refractivity contribution < 1.29 is 0 Å². The largest absolute Gasteiger partial charge is 0.388 e. The number of anilines is 1. The van der Waals surface area contributed by atoms with Gasteiger partial charge in [-0.1, -0.05) is 25.1 Å². The number of pyridine rings is 1. The van der Waals surface area contributed by atoms with Gasteiger partial charge < -0.3 is 11.1 Å². The van der Waals surface area contributed by atoms with Crippen molar-refractivity contribution in [3.63, 3.8) is 0 Å². The fraction of sp³-hybridized carbons (Fsp3) is 0.455. The second-order valence-electron chi connectivity index (χ2n) is 3.92. The SMILES string of the molecule is NC(=S)c1ccc(NC2CCCC2)cn1. The summed E-state index contributed by atoms with van der Waals surface area (Å²) in [5, 5.41) is 3.46. The van der Waals surface area contributed by atoms with Crippen molar-refractivity contribution in [3.8, 4) is 0 Å². The summed E-state index contributed by atoms with van der Waals surface area (Å²) in [7, 11) is 0. The van der Waals surface area contributed by atoms with Gasteiger partial charge in [0.1, 0.15) is 4.99 Å². The first-order valence-corrected chi connectivity index (χ1v) is 5.69. The van der Waals surface area contributed by atoms with E-state index < -0.39 is 0 Å². The van der Waals surface area contributed by atoms with Gasteiger partial charge in [-0.25, -0.2) is 0 Å². The van der Waals surface area contributed by atoms with Gasteiger partial charge in [0.05, 0.1) is 17.6 Å². The van der Waals surface area contributed by atoms with Crippen LogP contribution in [0.15, 0.2) is 18.3 Å². The minimum Gasteiger partial charge on any atom is -0.388 e. The molecular weight excluding hydrogens is 206 g/mol. The van der Waals surface area contributed by atoms with E-state index in [-0.39, 0.29) is 0 Å². The number of nitrogens with zero attached hydrogens (tertiary/aromatic N) is 1. The van der Waals surface area contributed by atoms with E-state index in [2.05, 4.69) is 10.3 Å². The minimum absolute atomic E-state index is 0.349. The molecule has 1 aliphatic carbocycles. The Morgan fingerprint density at radius 2 is 2.13 bits per heavy atom. The van der Waals surface area contributed by atoms with Crippen molar-refractivity contribution >= 4 is 22.9 Å². The molecule has 1 aromatic rings. The second-order valence-corrected chi connectivity index (χ2v) is 4.36. The molecule has 3 N–H and O–H groups in total. The lowest BCUT2D eigenvalue weighted by Crippen LogP contribution is -2.15. The molecule has 0 bridgehead atoms. The van der Waals surface area contributed by atoms with Gasteiger partial charge in [0, 0.05) is 6.04 Å². The fourth-order valence-electron chi connectivity index (χ4n) is 1.93. The Labute approximate surface area is 95.1 Å². The summed E-state index contributed by atoms with van der Waals surface area (Å²) in [6.45, 7) is 0. The lowest BCUT2D eigenvalue weighted by molar-refractivity contribution is 0.755. The summed E-state index contributed by atoms with van der Waals surface area (Å²) in [5.74, 6) is 0. The molecule has 0 atom stereocenters. The van der Waals surface area contributed by atoms with Gasteiger partial charge in [0.25, 0.3) is 0 Å². The zero-order chi connectivity index (χ0) is 10.7. The fourth-order valence-corrected chi connectivity index (χ4v) is 2.05. The van der Waals surface area contributed by atoms with Crippen LogP contribution in [0.1, 0.15) is 31.4 Å². The Kier molecular flexibility index (Phi) is 3.16. The molecule has 1 fully saturated rings. The van der Waals surface area contributed by atoms with Gasteiger partial charge in [-0.3, -0.25) is 4.98 Å². The number of rotatable bonds is 3. The quantitative estimate of drug-likeness (QED) is 0.767. The summed E-state index contributed by atoms with van der Waals surface area (Å²) in [5.41, 5.74) is 7.22. The third-order valence-electron chi connectivity index (χ3n) is 2.74. The summed E-state index contributed by atoms with van der Waals surface area (Å²) in [6, 6.07) is 4.46. The van der Waals surface area contributed by atoms with E-state index in [1.165, 1.54) is 25.7 Å². The number of thiocarbonyl (C=S) groups is 1. The Balaban J connectivity index is 2.00. The molecule has 0 saturated heterocycles. The molecule has 15 heavy (non-hydrogen) atoms. The van der Waals surface area contributed by atoms with E-state index >= 15 is 0 Å². The number of nitrogens with two attached hydrogens (primary N) is 1. The van der Waals surface area contributed by atoms with Crippen molar-refractivity contribution in [2.75, 3.05) is 5.32 Å². The van der Waals surface area contributed by atoms with Gasteiger partial charge in [-0.05, 0) is 25.0 Å². The van der Waals surface area contributed by atoms with Crippen molar-refractivity contribution in [3.05, 3.63) is 24.0 Å². The molecular formula is C11H15N3S. The monoisotopic (exact) mass is 221 g/mol. The van der Waals surface area contributed by atoms with Gasteiger partial charge in [-0.15, -0.1) is 0 Å². The molecule has 0 aliphatic heterocycles. The average Bonchev–Trinajstić information content (AvgIpc) is 2.71. The smallest absolute Gasteiger partial charge is 0.122 e. The standard InChI is InChI=1S/C11H15N3S/c12-11(15)10-6-5-9(7-13-10)14-8-3-1-2-4-8/h5-8,14H,1-4H2,(H2,12,15). The first kappa shape index (κ1) is 10.4. The molecule has 80 valence electrons. The summed E-state index contributed by atoms with van der Waals surface area (Å²) in [6.07, 6.45) is 6.98. The second kappa shape index (κ2) is 4.57. The first-order valence-electron chi connectivity index (χ1n) is 5.28. The van der Waals surface area contributed by atoms with E-state index in [4.69, 9.17) is 18.0 Å². The van der Waals surface area contributed by atoms with Crippen molar-refractivity contribution in [2.24, 2.45) is 5.73 Å². The van der Waals surface area contributed by atoms with Crippen LogP contribution in [0.2, 0.25) is 0 Å². The highest BCUT2D eigenvalue weighted by Gasteiger charge is 2.14. The highest BCUT2D eigenvalue weighted by atomic mass is 32.1. The van der Waals surface area contributed by atoms with Crippen LogP contribution >= 0.6 is 12.2 Å². The predicted octanol–water partition coefficient (Wildman–Crippen LogP) is 2.07. The molecule has 0 radical (unpaired) electrons. The molecule has 1 saturated carbocycles. The van der Waals surface area contributed by atoms with E-state index in [1.807, 2.05) is 12.1 Å². The molecule has 2 rings (SSSR count). The highest BCUT2D eigenvalue weighted by molar-refractivity contribution is 7.80. The third kappa shape index (κ3) is 2.65. The molecule has 1 aromatic heterocycles. The van der Waals surface area contributed by atoms with Crippen LogP contribution in [0.3, 0.4) is 0 Å². The summed E-state index contributed by atoms with van der Waals surface area (Å²) < 4.78 is 0. The van der Waals surface area contributed by atoms with Gasteiger partial charge in [0.2, 0.25) is 0 Å². The molecule has 1 aliphatic rings. The number of hydrogen-bond donors (Lipinski definition) is 2. The van der Waals surface area contributed by atoms with Crippen molar-refractivity contribution in [1.82, 2.24) is 4.98 Å². The lowest BCUT2D eigenvalue weighted by Gasteiger charge is -2.12. The Morgan fingerprint density at radius 1 is 1.40 bits per heavy atom. The molecule has 1 heterocycles. The van der Waals surface area contributed by atoms with E-state index in [1.54, 1.807) is 6.20 Å². The minimum atomic E-state index is 0.349. The van der Waals surface area contributed by atoms with Crippen LogP contribution in [-0.4, -0.2) is 16.0 Å². The normalized spacial score (nSPS) is 16.5. The van der Waals surface area contributed by atoms with Crippen LogP contribution in [0.5, 0.6) is 0 Å². The van der Waals surface area contributed by atoms with Crippen molar-refractivity contribution in [2.45, 2.75) is 31.7 Å². The van der Waals surface area contributed by atoms with Crippen LogP contribution in [0.4, 0.5) is 5.69 Å². The van der Waals surface area contributed by atoms with Crippen molar-refractivity contribution in [1.29, 1.82) is 0 Å². The highest BCUT2D eigenvalue weighted by Crippen LogP contribution is 2.21. The Bertz CT molecular complexity index is 341. The zero-order valence-corrected chi connectivity index (χ0v) is 9.39. The predicted molar refractivity (Wildman–Crippen MR) is 66.0 cm³/mol. The van der Waals surface area contributed by atoms with Crippen LogP contribution in [0, 0.1) is 0 Å². The number of aromatic nitrogens is 1. The summed E-state index contributed by atoms with van der Waals surface area (Å²) >= 11 is 4.84. The van der Waals surface area contributed by atoms with Crippen LogP contribution in [0.25, 0.3) is 0 Å². The third-order valence-corrected chi connectivity index (χ3v) is 2.95. The van der Waals surface area contributed by atoms with E-state index in [9.17, 15) is 0 Å². The van der Waals surface area contributed by atoms with Gasteiger partial charge in [-0.2, -0.15) is 0 Å².